The first-order valence-corrected chi connectivity index (χ1v) is 9.95. The average molecular weight is 421 g/mol. The number of aryl methyl sites for hydroxylation is 1. The Morgan fingerprint density at radius 3 is 2.14 bits per heavy atom. The molecule has 0 bridgehead atoms. The zero-order chi connectivity index (χ0) is 19.9. The third-order valence-electron chi connectivity index (χ3n) is 4.68. The van der Waals surface area contributed by atoms with Crippen molar-refractivity contribution in [2.24, 2.45) is 0 Å². The average Bonchev–Trinajstić information content (AvgIpc) is 2.71. The van der Waals surface area contributed by atoms with E-state index in [1.165, 1.54) is 0 Å². The zero-order valence-corrected chi connectivity index (χ0v) is 17.0. The van der Waals surface area contributed by atoms with Crippen molar-refractivity contribution < 1.29 is 14.3 Å². The molecule has 0 radical (unpaired) electrons. The maximum atomic E-state index is 12.4. The van der Waals surface area contributed by atoms with E-state index in [9.17, 15) is 9.59 Å². The van der Waals surface area contributed by atoms with Crippen LogP contribution in [0, 0.1) is 0 Å². The summed E-state index contributed by atoms with van der Waals surface area (Å²) in [4.78, 5) is 28.3. The van der Waals surface area contributed by atoms with Crippen LogP contribution in [0.5, 0.6) is 5.75 Å². The molecule has 3 rings (SSSR count). The van der Waals surface area contributed by atoms with Crippen LogP contribution in [-0.4, -0.2) is 54.4 Å². The third kappa shape index (κ3) is 5.88. The minimum Gasteiger partial charge on any atom is -0.484 e. The summed E-state index contributed by atoms with van der Waals surface area (Å²) in [5.74, 6) is 0.623. The van der Waals surface area contributed by atoms with E-state index >= 15 is 0 Å². The number of hydrogen-bond acceptors (Lipinski definition) is 3. The Hall–Kier alpha value is -2.24. The minimum absolute atomic E-state index is 0.0235. The van der Waals surface area contributed by atoms with Gasteiger partial charge in [0.1, 0.15) is 5.75 Å². The number of hydrogen-bond donors (Lipinski definition) is 0. The second-order valence-corrected chi connectivity index (χ2v) is 7.51. The molecule has 1 aliphatic rings. The molecule has 0 N–H and O–H groups in total. The Labute approximate surface area is 174 Å². The molecule has 148 valence electrons. The van der Waals surface area contributed by atoms with Gasteiger partial charge in [0.05, 0.1) is 0 Å². The lowest BCUT2D eigenvalue weighted by Gasteiger charge is -2.34. The highest BCUT2D eigenvalue weighted by Gasteiger charge is 2.24. The third-order valence-corrected chi connectivity index (χ3v) is 5.16. The number of rotatable bonds is 6. The van der Waals surface area contributed by atoms with E-state index in [2.05, 4.69) is 0 Å². The van der Waals surface area contributed by atoms with Gasteiger partial charge in [0.15, 0.2) is 6.61 Å². The van der Waals surface area contributed by atoms with Gasteiger partial charge in [-0.25, -0.2) is 0 Å². The molecule has 28 heavy (non-hydrogen) atoms. The number of carbonyl (C=O) groups is 2. The second kappa shape index (κ2) is 9.80. The molecule has 2 aromatic carbocycles. The lowest BCUT2D eigenvalue weighted by Crippen LogP contribution is -2.51. The Balaban J connectivity index is 1.40. The van der Waals surface area contributed by atoms with E-state index in [4.69, 9.17) is 27.9 Å². The van der Waals surface area contributed by atoms with Crippen LogP contribution in [0.3, 0.4) is 0 Å². The highest BCUT2D eigenvalue weighted by Crippen LogP contribution is 2.16. The van der Waals surface area contributed by atoms with Gasteiger partial charge in [0.25, 0.3) is 5.91 Å². The number of piperazine rings is 1. The fraction of sp³-hybridized carbons (Fsp3) is 0.333. The lowest BCUT2D eigenvalue weighted by atomic mass is 10.1. The van der Waals surface area contributed by atoms with E-state index in [-0.39, 0.29) is 18.4 Å². The number of amides is 2. The van der Waals surface area contributed by atoms with Crippen molar-refractivity contribution in [3.05, 3.63) is 64.1 Å². The second-order valence-electron chi connectivity index (χ2n) is 6.63. The number of benzene rings is 2. The van der Waals surface area contributed by atoms with Crippen LogP contribution in [0.25, 0.3) is 0 Å². The molecule has 2 amide bonds. The predicted octanol–water partition coefficient (Wildman–Crippen LogP) is 3.68. The first kappa shape index (κ1) is 20.5. The molecule has 1 fully saturated rings. The van der Waals surface area contributed by atoms with Gasteiger partial charge in [0, 0.05) is 42.6 Å². The van der Waals surface area contributed by atoms with Crippen LogP contribution >= 0.6 is 23.2 Å². The van der Waals surface area contributed by atoms with Crippen molar-refractivity contribution in [3.63, 3.8) is 0 Å². The topological polar surface area (TPSA) is 49.9 Å². The SMILES string of the molecule is O=C(CCc1cccc(Cl)c1)N1CCN(C(=O)COc2ccc(Cl)cc2)CC1. The Morgan fingerprint density at radius 1 is 0.857 bits per heavy atom. The maximum absolute atomic E-state index is 12.4. The summed E-state index contributed by atoms with van der Waals surface area (Å²) in [5.41, 5.74) is 1.05. The zero-order valence-electron chi connectivity index (χ0n) is 15.4. The maximum Gasteiger partial charge on any atom is 0.260 e. The summed E-state index contributed by atoms with van der Waals surface area (Å²) in [6.45, 7) is 2.10. The summed E-state index contributed by atoms with van der Waals surface area (Å²) in [7, 11) is 0. The van der Waals surface area contributed by atoms with Crippen molar-refractivity contribution in [2.45, 2.75) is 12.8 Å². The van der Waals surface area contributed by atoms with Crippen molar-refractivity contribution >= 4 is 35.0 Å². The summed E-state index contributed by atoms with van der Waals surface area (Å²) in [6, 6.07) is 14.4. The molecular weight excluding hydrogens is 399 g/mol. The molecule has 1 saturated heterocycles. The summed E-state index contributed by atoms with van der Waals surface area (Å²) in [5, 5.41) is 1.30. The standard InChI is InChI=1S/C21H22Cl2N2O3/c22-17-5-7-19(8-6-17)28-15-21(27)25-12-10-24(11-13-25)20(26)9-4-16-2-1-3-18(23)14-16/h1-3,5-8,14H,4,9-13,15H2. The molecule has 0 spiro atoms. The van der Waals surface area contributed by atoms with Gasteiger partial charge in [-0.15, -0.1) is 0 Å². The number of halogens is 2. The van der Waals surface area contributed by atoms with Crippen LogP contribution in [-0.2, 0) is 16.0 Å². The van der Waals surface area contributed by atoms with E-state index in [0.29, 0.717) is 54.8 Å². The van der Waals surface area contributed by atoms with E-state index in [0.717, 1.165) is 5.56 Å². The highest BCUT2D eigenvalue weighted by atomic mass is 35.5. The molecule has 2 aromatic rings. The summed E-state index contributed by atoms with van der Waals surface area (Å²) in [6.07, 6.45) is 1.10. The van der Waals surface area contributed by atoms with Gasteiger partial charge in [-0.1, -0.05) is 35.3 Å². The van der Waals surface area contributed by atoms with Crippen molar-refractivity contribution in [3.8, 4) is 5.75 Å². The Morgan fingerprint density at radius 2 is 1.50 bits per heavy atom. The fourth-order valence-electron chi connectivity index (χ4n) is 3.07. The first-order valence-electron chi connectivity index (χ1n) is 9.19. The smallest absolute Gasteiger partial charge is 0.260 e. The van der Waals surface area contributed by atoms with Gasteiger partial charge in [0.2, 0.25) is 5.91 Å². The molecule has 5 nitrogen and oxygen atoms in total. The van der Waals surface area contributed by atoms with Crippen molar-refractivity contribution in [1.82, 2.24) is 9.80 Å². The summed E-state index contributed by atoms with van der Waals surface area (Å²) < 4.78 is 5.51. The molecule has 1 aliphatic heterocycles. The molecule has 1 heterocycles. The quantitative estimate of drug-likeness (QED) is 0.715. The molecule has 0 atom stereocenters. The van der Waals surface area contributed by atoms with Crippen LogP contribution in [0.4, 0.5) is 0 Å². The molecule has 0 saturated carbocycles. The molecule has 7 heteroatoms. The first-order chi connectivity index (χ1) is 13.5. The Kier molecular flexibility index (Phi) is 7.18. The van der Waals surface area contributed by atoms with E-state index in [1.807, 2.05) is 29.2 Å². The van der Waals surface area contributed by atoms with Gasteiger partial charge < -0.3 is 14.5 Å². The van der Waals surface area contributed by atoms with E-state index in [1.54, 1.807) is 29.2 Å². The molecule has 0 aromatic heterocycles. The highest BCUT2D eigenvalue weighted by molar-refractivity contribution is 6.30. The predicted molar refractivity (Wildman–Crippen MR) is 110 cm³/mol. The molecule has 0 aliphatic carbocycles. The fourth-order valence-corrected chi connectivity index (χ4v) is 3.41. The van der Waals surface area contributed by atoms with Crippen molar-refractivity contribution in [2.75, 3.05) is 32.8 Å². The van der Waals surface area contributed by atoms with Crippen LogP contribution in [0.15, 0.2) is 48.5 Å². The number of nitrogens with zero attached hydrogens (tertiary/aromatic N) is 2. The lowest BCUT2D eigenvalue weighted by molar-refractivity contribution is -0.140. The largest absolute Gasteiger partial charge is 0.484 e. The van der Waals surface area contributed by atoms with Gasteiger partial charge in [-0.2, -0.15) is 0 Å². The van der Waals surface area contributed by atoms with Gasteiger partial charge >= 0.3 is 0 Å². The Bertz CT molecular complexity index is 819. The number of ether oxygens (including phenoxy) is 1. The van der Waals surface area contributed by atoms with Gasteiger partial charge in [-0.3, -0.25) is 9.59 Å². The van der Waals surface area contributed by atoms with Crippen LogP contribution in [0.1, 0.15) is 12.0 Å². The molecular formula is C21H22Cl2N2O3. The summed E-state index contributed by atoms with van der Waals surface area (Å²) >= 11 is 11.8. The molecule has 0 unspecified atom stereocenters. The monoisotopic (exact) mass is 420 g/mol. The van der Waals surface area contributed by atoms with Gasteiger partial charge in [-0.05, 0) is 48.4 Å². The van der Waals surface area contributed by atoms with Crippen LogP contribution < -0.4 is 4.74 Å². The van der Waals surface area contributed by atoms with Crippen LogP contribution in [0.2, 0.25) is 10.0 Å². The number of carbonyl (C=O) groups excluding carboxylic acids is 2. The normalized spacial score (nSPS) is 14.1. The van der Waals surface area contributed by atoms with E-state index < -0.39 is 0 Å². The minimum atomic E-state index is -0.0824. The van der Waals surface area contributed by atoms with Crippen molar-refractivity contribution in [1.29, 1.82) is 0 Å².